The smallest absolute Gasteiger partial charge is 0.251 e. The lowest BCUT2D eigenvalue weighted by molar-refractivity contribution is 0.0950. The Balaban J connectivity index is 1.78. The molecule has 26 heavy (non-hydrogen) atoms. The molecule has 0 atom stereocenters. The average Bonchev–Trinajstić information content (AvgIpc) is 2.67. The van der Waals surface area contributed by atoms with Gasteiger partial charge in [0.15, 0.2) is 0 Å². The molecule has 0 bridgehead atoms. The lowest BCUT2D eigenvalue weighted by atomic mass is 10.2. The number of hydrogen-bond acceptors (Lipinski definition) is 3. The van der Waals surface area contributed by atoms with Gasteiger partial charge < -0.3 is 5.32 Å². The molecule has 2 aromatic carbocycles. The number of amides is 1. The topological polar surface area (TPSA) is 66.5 Å². The third-order valence-electron chi connectivity index (χ3n) is 4.43. The standard InChI is InChI=1S/C19H21BrN2O3S/c20-17-9-6-8-15(13-17)19(23)21-14-16-7-2-3-10-18(16)26(24,25)22-11-4-1-5-12-22/h2-3,6-10,13H,1,4-5,11-12,14H2,(H,21,23). The molecule has 138 valence electrons. The summed E-state index contributed by atoms with van der Waals surface area (Å²) < 4.78 is 28.3. The van der Waals surface area contributed by atoms with Gasteiger partial charge in [-0.15, -0.1) is 0 Å². The Morgan fingerprint density at radius 1 is 1.04 bits per heavy atom. The summed E-state index contributed by atoms with van der Waals surface area (Å²) >= 11 is 3.34. The highest BCUT2D eigenvalue weighted by atomic mass is 79.9. The van der Waals surface area contributed by atoms with Crippen LogP contribution in [0.15, 0.2) is 57.9 Å². The van der Waals surface area contributed by atoms with Crippen LogP contribution in [0.5, 0.6) is 0 Å². The molecule has 7 heteroatoms. The van der Waals surface area contributed by atoms with Crippen molar-refractivity contribution in [1.29, 1.82) is 0 Å². The largest absolute Gasteiger partial charge is 0.348 e. The van der Waals surface area contributed by atoms with Crippen LogP contribution in [0.2, 0.25) is 0 Å². The van der Waals surface area contributed by atoms with E-state index in [1.165, 1.54) is 0 Å². The minimum Gasteiger partial charge on any atom is -0.348 e. The van der Waals surface area contributed by atoms with Crippen LogP contribution in [0, 0.1) is 0 Å². The number of nitrogens with one attached hydrogen (secondary N) is 1. The Morgan fingerprint density at radius 3 is 2.50 bits per heavy atom. The van der Waals surface area contributed by atoms with E-state index >= 15 is 0 Å². The maximum Gasteiger partial charge on any atom is 0.251 e. The maximum absolute atomic E-state index is 13.0. The Hall–Kier alpha value is -1.70. The fraction of sp³-hybridized carbons (Fsp3) is 0.316. The molecule has 5 nitrogen and oxygen atoms in total. The Kier molecular flexibility index (Phi) is 6.11. The van der Waals surface area contributed by atoms with Crippen molar-refractivity contribution in [2.24, 2.45) is 0 Å². The predicted octanol–water partition coefficient (Wildman–Crippen LogP) is 3.55. The number of benzene rings is 2. The fourth-order valence-electron chi connectivity index (χ4n) is 3.05. The summed E-state index contributed by atoms with van der Waals surface area (Å²) in [6, 6.07) is 13.9. The van der Waals surface area contributed by atoms with Crippen molar-refractivity contribution in [3.63, 3.8) is 0 Å². The number of sulfonamides is 1. The van der Waals surface area contributed by atoms with E-state index in [0.717, 1.165) is 23.7 Å². The lowest BCUT2D eigenvalue weighted by Crippen LogP contribution is -2.36. The molecular formula is C19H21BrN2O3S. The van der Waals surface area contributed by atoms with Crippen LogP contribution < -0.4 is 5.32 Å². The summed E-state index contributed by atoms with van der Waals surface area (Å²) in [4.78, 5) is 12.6. The third kappa shape index (κ3) is 4.34. The van der Waals surface area contributed by atoms with Crippen LogP contribution in [-0.2, 0) is 16.6 Å². The van der Waals surface area contributed by atoms with Gasteiger partial charge in [0.05, 0.1) is 4.90 Å². The van der Waals surface area contributed by atoms with Crippen molar-refractivity contribution in [3.05, 3.63) is 64.1 Å². The van der Waals surface area contributed by atoms with Gasteiger partial charge in [-0.25, -0.2) is 8.42 Å². The van der Waals surface area contributed by atoms with E-state index in [-0.39, 0.29) is 17.3 Å². The lowest BCUT2D eigenvalue weighted by Gasteiger charge is -2.26. The van der Waals surface area contributed by atoms with Gasteiger partial charge in [0, 0.05) is 29.7 Å². The van der Waals surface area contributed by atoms with Gasteiger partial charge in [-0.05, 0) is 42.7 Å². The molecule has 0 spiro atoms. The monoisotopic (exact) mass is 436 g/mol. The van der Waals surface area contributed by atoms with Gasteiger partial charge >= 0.3 is 0 Å². The highest BCUT2D eigenvalue weighted by molar-refractivity contribution is 9.10. The fourth-order valence-corrected chi connectivity index (χ4v) is 5.19. The number of halogens is 1. The number of carbonyl (C=O) groups excluding carboxylic acids is 1. The van der Waals surface area contributed by atoms with E-state index in [1.807, 2.05) is 6.07 Å². The quantitative estimate of drug-likeness (QED) is 0.778. The highest BCUT2D eigenvalue weighted by Crippen LogP contribution is 2.23. The van der Waals surface area contributed by atoms with Gasteiger partial charge in [-0.1, -0.05) is 46.6 Å². The minimum atomic E-state index is -3.54. The van der Waals surface area contributed by atoms with Gasteiger partial charge in [0.1, 0.15) is 0 Å². The molecule has 1 amide bonds. The molecule has 2 aromatic rings. The second-order valence-corrected chi connectivity index (χ2v) is 9.09. The van der Waals surface area contributed by atoms with Crippen LogP contribution in [0.25, 0.3) is 0 Å². The Labute approximate surface area is 162 Å². The first-order valence-corrected chi connectivity index (χ1v) is 10.8. The number of nitrogens with zero attached hydrogens (tertiary/aromatic N) is 1. The van der Waals surface area contributed by atoms with Crippen LogP contribution >= 0.6 is 15.9 Å². The van der Waals surface area contributed by atoms with Crippen molar-refractivity contribution in [2.75, 3.05) is 13.1 Å². The van der Waals surface area contributed by atoms with Gasteiger partial charge in [0.2, 0.25) is 10.0 Å². The number of piperidine rings is 1. The van der Waals surface area contributed by atoms with Gasteiger partial charge in [-0.3, -0.25) is 4.79 Å². The van der Waals surface area contributed by atoms with E-state index in [0.29, 0.717) is 24.2 Å². The normalized spacial score (nSPS) is 15.6. The second-order valence-electron chi connectivity index (χ2n) is 6.27. The van der Waals surface area contributed by atoms with Crippen molar-refractivity contribution < 1.29 is 13.2 Å². The predicted molar refractivity (Wildman–Crippen MR) is 104 cm³/mol. The third-order valence-corrected chi connectivity index (χ3v) is 6.92. The summed E-state index contributed by atoms with van der Waals surface area (Å²) in [5.74, 6) is -0.239. The molecule has 3 rings (SSSR count). The Morgan fingerprint density at radius 2 is 1.77 bits per heavy atom. The molecule has 1 heterocycles. The average molecular weight is 437 g/mol. The zero-order valence-corrected chi connectivity index (χ0v) is 16.7. The zero-order chi connectivity index (χ0) is 18.6. The van der Waals surface area contributed by atoms with Crippen molar-refractivity contribution in [1.82, 2.24) is 9.62 Å². The molecule has 0 saturated carbocycles. The first kappa shape index (κ1) is 19.1. The van der Waals surface area contributed by atoms with E-state index in [2.05, 4.69) is 21.2 Å². The van der Waals surface area contributed by atoms with E-state index in [4.69, 9.17) is 0 Å². The minimum absolute atomic E-state index is 0.161. The Bertz CT molecular complexity index is 893. The van der Waals surface area contributed by atoms with Crippen LogP contribution in [-0.4, -0.2) is 31.7 Å². The van der Waals surface area contributed by atoms with Crippen LogP contribution in [0.3, 0.4) is 0 Å². The molecule has 0 radical (unpaired) electrons. The molecule has 1 aliphatic heterocycles. The summed E-state index contributed by atoms with van der Waals surface area (Å²) in [6.07, 6.45) is 2.85. The SMILES string of the molecule is O=C(NCc1ccccc1S(=O)(=O)N1CCCCC1)c1cccc(Br)c1. The number of hydrogen-bond donors (Lipinski definition) is 1. The van der Waals surface area contributed by atoms with Crippen LogP contribution in [0.4, 0.5) is 0 Å². The number of rotatable bonds is 5. The summed E-state index contributed by atoms with van der Waals surface area (Å²) in [5, 5.41) is 2.82. The van der Waals surface area contributed by atoms with Crippen molar-refractivity contribution in [2.45, 2.75) is 30.7 Å². The van der Waals surface area contributed by atoms with E-state index in [9.17, 15) is 13.2 Å². The number of carbonyl (C=O) groups is 1. The second kappa shape index (κ2) is 8.33. The summed E-state index contributed by atoms with van der Waals surface area (Å²) in [6.45, 7) is 1.27. The zero-order valence-electron chi connectivity index (χ0n) is 14.3. The first-order valence-electron chi connectivity index (χ1n) is 8.60. The molecule has 1 fully saturated rings. The first-order chi connectivity index (χ1) is 12.5. The van der Waals surface area contributed by atoms with E-state index < -0.39 is 10.0 Å². The molecule has 0 unspecified atom stereocenters. The summed E-state index contributed by atoms with van der Waals surface area (Å²) in [5.41, 5.74) is 1.12. The molecule has 0 aromatic heterocycles. The molecule has 1 aliphatic rings. The van der Waals surface area contributed by atoms with Crippen molar-refractivity contribution in [3.8, 4) is 0 Å². The summed E-state index contributed by atoms with van der Waals surface area (Å²) in [7, 11) is -3.54. The molecule has 1 N–H and O–H groups in total. The maximum atomic E-state index is 13.0. The van der Waals surface area contributed by atoms with Crippen molar-refractivity contribution >= 4 is 31.9 Å². The molecular weight excluding hydrogens is 416 g/mol. The van der Waals surface area contributed by atoms with E-state index in [1.54, 1.807) is 46.8 Å². The highest BCUT2D eigenvalue weighted by Gasteiger charge is 2.27. The molecule has 0 aliphatic carbocycles. The van der Waals surface area contributed by atoms with Gasteiger partial charge in [-0.2, -0.15) is 4.31 Å². The molecule has 1 saturated heterocycles. The van der Waals surface area contributed by atoms with Crippen LogP contribution in [0.1, 0.15) is 35.2 Å². The van der Waals surface area contributed by atoms with Gasteiger partial charge in [0.25, 0.3) is 5.91 Å².